The lowest BCUT2D eigenvalue weighted by Crippen LogP contribution is -2.13. The topological polar surface area (TPSA) is 85.9 Å². The summed E-state index contributed by atoms with van der Waals surface area (Å²) in [7, 11) is 1.79. The number of hydrogen-bond donors (Lipinski definition) is 1. The molecule has 0 amide bonds. The standard InChI is InChI=1S/C23H19Cl2N5O2/c1-14-23(29(2)28-27-14)17-7-12-21(30(31)32)20(13-17)26-22(15-3-8-18(24)9-4-15)16-5-10-19(25)11-6-16/h3-13,22,26H,1-2H3. The highest BCUT2D eigenvalue weighted by atomic mass is 35.5. The Hall–Kier alpha value is -3.42. The molecule has 0 bridgehead atoms. The Kier molecular flexibility index (Phi) is 6.12. The minimum absolute atomic E-state index is 0.0329. The summed E-state index contributed by atoms with van der Waals surface area (Å²) in [5.74, 6) is 0. The summed E-state index contributed by atoms with van der Waals surface area (Å²) < 4.78 is 1.65. The van der Waals surface area contributed by atoms with E-state index in [-0.39, 0.29) is 11.7 Å². The number of rotatable bonds is 6. The van der Waals surface area contributed by atoms with Crippen molar-refractivity contribution in [2.24, 2.45) is 7.05 Å². The van der Waals surface area contributed by atoms with Gasteiger partial charge in [-0.1, -0.05) is 52.7 Å². The fourth-order valence-corrected chi connectivity index (χ4v) is 3.89. The number of halogens is 2. The van der Waals surface area contributed by atoms with Crippen LogP contribution in [0.4, 0.5) is 11.4 Å². The third kappa shape index (κ3) is 4.44. The lowest BCUT2D eigenvalue weighted by Gasteiger charge is -2.22. The fourth-order valence-electron chi connectivity index (χ4n) is 3.64. The molecule has 162 valence electrons. The molecule has 0 unspecified atom stereocenters. The van der Waals surface area contributed by atoms with E-state index in [1.165, 1.54) is 6.07 Å². The Morgan fingerprint density at radius 1 is 0.969 bits per heavy atom. The van der Waals surface area contributed by atoms with E-state index in [1.54, 1.807) is 48.1 Å². The third-order valence-corrected chi connectivity index (χ3v) is 5.67. The molecule has 32 heavy (non-hydrogen) atoms. The zero-order chi connectivity index (χ0) is 22.8. The molecule has 0 aliphatic heterocycles. The number of nitrogens with one attached hydrogen (secondary N) is 1. The highest BCUT2D eigenvalue weighted by molar-refractivity contribution is 6.30. The van der Waals surface area contributed by atoms with Crippen LogP contribution in [0.5, 0.6) is 0 Å². The number of aromatic nitrogens is 3. The maximum absolute atomic E-state index is 11.8. The normalized spacial score (nSPS) is 11.0. The van der Waals surface area contributed by atoms with Crippen molar-refractivity contribution >= 4 is 34.6 Å². The first kappa shape index (κ1) is 21.8. The first-order chi connectivity index (χ1) is 15.3. The van der Waals surface area contributed by atoms with Gasteiger partial charge in [0.25, 0.3) is 5.69 Å². The molecule has 4 aromatic rings. The van der Waals surface area contributed by atoms with E-state index in [2.05, 4.69) is 15.6 Å². The van der Waals surface area contributed by atoms with Crippen LogP contribution >= 0.6 is 23.2 Å². The number of nitro benzene ring substituents is 1. The van der Waals surface area contributed by atoms with E-state index in [0.717, 1.165) is 28.1 Å². The summed E-state index contributed by atoms with van der Waals surface area (Å²) in [6, 6.07) is 19.3. The zero-order valence-electron chi connectivity index (χ0n) is 17.3. The summed E-state index contributed by atoms with van der Waals surface area (Å²) in [6.07, 6.45) is 0. The van der Waals surface area contributed by atoms with E-state index in [1.807, 2.05) is 31.2 Å². The Morgan fingerprint density at radius 2 is 1.53 bits per heavy atom. The van der Waals surface area contributed by atoms with Gasteiger partial charge in [0.05, 0.1) is 22.4 Å². The van der Waals surface area contributed by atoms with Gasteiger partial charge in [0.2, 0.25) is 0 Å². The SMILES string of the molecule is Cc1nnn(C)c1-c1ccc([N+](=O)[O-])c(NC(c2ccc(Cl)cc2)c2ccc(Cl)cc2)c1. The molecule has 4 rings (SSSR count). The van der Waals surface area contributed by atoms with Gasteiger partial charge in [0, 0.05) is 28.7 Å². The predicted octanol–water partition coefficient (Wildman–Crippen LogP) is 6.21. The average Bonchev–Trinajstić information content (AvgIpc) is 3.11. The molecule has 1 aromatic heterocycles. The Bertz CT molecular complexity index is 1210. The lowest BCUT2D eigenvalue weighted by molar-refractivity contribution is -0.384. The van der Waals surface area contributed by atoms with E-state index >= 15 is 0 Å². The van der Waals surface area contributed by atoms with E-state index in [9.17, 15) is 10.1 Å². The first-order valence-electron chi connectivity index (χ1n) is 9.76. The fraction of sp³-hybridized carbons (Fsp3) is 0.130. The predicted molar refractivity (Wildman–Crippen MR) is 126 cm³/mol. The van der Waals surface area contributed by atoms with Crippen LogP contribution in [0.25, 0.3) is 11.3 Å². The summed E-state index contributed by atoms with van der Waals surface area (Å²) >= 11 is 12.2. The van der Waals surface area contributed by atoms with Crippen LogP contribution in [0.3, 0.4) is 0 Å². The van der Waals surface area contributed by atoms with Gasteiger partial charge in [-0.2, -0.15) is 0 Å². The highest BCUT2D eigenvalue weighted by Crippen LogP contribution is 2.36. The van der Waals surface area contributed by atoms with Crippen molar-refractivity contribution in [3.8, 4) is 11.3 Å². The van der Waals surface area contributed by atoms with E-state index in [4.69, 9.17) is 23.2 Å². The Morgan fingerprint density at radius 3 is 2.00 bits per heavy atom. The number of aryl methyl sites for hydroxylation is 2. The molecule has 0 aliphatic rings. The highest BCUT2D eigenvalue weighted by Gasteiger charge is 2.22. The smallest absolute Gasteiger partial charge is 0.292 e. The largest absolute Gasteiger partial charge is 0.369 e. The van der Waals surface area contributed by atoms with Gasteiger partial charge in [-0.05, 0) is 54.4 Å². The summed E-state index contributed by atoms with van der Waals surface area (Å²) in [4.78, 5) is 11.4. The van der Waals surface area contributed by atoms with E-state index in [0.29, 0.717) is 15.7 Å². The number of hydrogen-bond acceptors (Lipinski definition) is 5. The molecule has 0 saturated heterocycles. The molecule has 0 spiro atoms. The van der Waals surface area contributed by atoms with Crippen LogP contribution in [-0.4, -0.2) is 19.9 Å². The molecule has 0 saturated carbocycles. The summed E-state index contributed by atoms with van der Waals surface area (Å²) in [6.45, 7) is 1.85. The lowest BCUT2D eigenvalue weighted by atomic mass is 9.97. The Balaban J connectivity index is 1.83. The summed E-state index contributed by atoms with van der Waals surface area (Å²) in [5, 5.41) is 24.5. The average molecular weight is 468 g/mol. The minimum atomic E-state index is -0.402. The second-order valence-corrected chi connectivity index (χ2v) is 8.19. The van der Waals surface area contributed by atoms with Gasteiger partial charge in [-0.15, -0.1) is 5.10 Å². The molecule has 0 radical (unpaired) electrons. The van der Waals surface area contributed by atoms with E-state index < -0.39 is 4.92 Å². The van der Waals surface area contributed by atoms with Crippen LogP contribution in [0.15, 0.2) is 66.7 Å². The molecule has 1 heterocycles. The van der Waals surface area contributed by atoms with Crippen molar-refractivity contribution in [3.05, 3.63) is 104 Å². The monoisotopic (exact) mass is 467 g/mol. The molecule has 7 nitrogen and oxygen atoms in total. The van der Waals surface area contributed by atoms with Gasteiger partial charge < -0.3 is 5.32 Å². The molecular formula is C23H19Cl2N5O2. The van der Waals surface area contributed by atoms with Crippen molar-refractivity contribution in [1.29, 1.82) is 0 Å². The van der Waals surface area contributed by atoms with Crippen LogP contribution in [0.2, 0.25) is 10.0 Å². The second kappa shape index (κ2) is 8.98. The molecule has 9 heteroatoms. The van der Waals surface area contributed by atoms with Crippen LogP contribution < -0.4 is 5.32 Å². The molecule has 3 aromatic carbocycles. The van der Waals surface area contributed by atoms with Crippen LogP contribution in [-0.2, 0) is 7.05 Å². The second-order valence-electron chi connectivity index (χ2n) is 7.32. The summed E-state index contributed by atoms with van der Waals surface area (Å²) in [5.41, 5.74) is 4.44. The number of nitrogens with zero attached hydrogens (tertiary/aromatic N) is 4. The zero-order valence-corrected chi connectivity index (χ0v) is 18.8. The molecule has 0 aliphatic carbocycles. The molecule has 0 atom stereocenters. The van der Waals surface area contributed by atoms with Crippen molar-refractivity contribution in [1.82, 2.24) is 15.0 Å². The molecular weight excluding hydrogens is 449 g/mol. The quantitative estimate of drug-likeness (QED) is 0.269. The van der Waals surface area contributed by atoms with Crippen LogP contribution in [0, 0.1) is 17.0 Å². The molecule has 0 fully saturated rings. The maximum atomic E-state index is 11.8. The van der Waals surface area contributed by atoms with Gasteiger partial charge in [0.15, 0.2) is 0 Å². The van der Waals surface area contributed by atoms with Gasteiger partial charge in [0.1, 0.15) is 5.69 Å². The minimum Gasteiger partial charge on any atom is -0.369 e. The van der Waals surface area contributed by atoms with Crippen LogP contribution in [0.1, 0.15) is 22.9 Å². The van der Waals surface area contributed by atoms with Crippen molar-refractivity contribution in [3.63, 3.8) is 0 Å². The van der Waals surface area contributed by atoms with Crippen molar-refractivity contribution in [2.75, 3.05) is 5.32 Å². The maximum Gasteiger partial charge on any atom is 0.292 e. The number of nitro groups is 1. The number of anilines is 1. The first-order valence-corrected chi connectivity index (χ1v) is 10.5. The van der Waals surface area contributed by atoms with Gasteiger partial charge in [-0.25, -0.2) is 4.68 Å². The number of benzene rings is 3. The van der Waals surface area contributed by atoms with Crippen molar-refractivity contribution < 1.29 is 4.92 Å². The molecule has 1 N–H and O–H groups in total. The van der Waals surface area contributed by atoms with Gasteiger partial charge >= 0.3 is 0 Å². The third-order valence-electron chi connectivity index (χ3n) is 5.17. The van der Waals surface area contributed by atoms with Gasteiger partial charge in [-0.3, -0.25) is 10.1 Å². The van der Waals surface area contributed by atoms with Crippen molar-refractivity contribution in [2.45, 2.75) is 13.0 Å². The Labute approximate surface area is 194 Å².